The van der Waals surface area contributed by atoms with Crippen molar-refractivity contribution < 1.29 is 22.7 Å². The summed E-state index contributed by atoms with van der Waals surface area (Å²) in [6.07, 6.45) is -0.302. The number of carbonyl (C=O) groups excluding carboxylic acids is 1. The molecule has 1 unspecified atom stereocenters. The Kier molecular flexibility index (Phi) is 6.56. The summed E-state index contributed by atoms with van der Waals surface area (Å²) in [5.41, 5.74) is 0.135. The Morgan fingerprint density at radius 1 is 1.43 bits per heavy atom. The van der Waals surface area contributed by atoms with Crippen LogP contribution >= 0.6 is 11.6 Å². The lowest BCUT2D eigenvalue weighted by Crippen LogP contribution is -2.35. The number of rotatable bonds is 7. The van der Waals surface area contributed by atoms with Crippen LogP contribution in [-0.4, -0.2) is 47.8 Å². The lowest BCUT2D eigenvalue weighted by atomic mass is 10.2. The Morgan fingerprint density at radius 2 is 2.10 bits per heavy atom. The fourth-order valence-electron chi connectivity index (χ4n) is 1.57. The maximum Gasteiger partial charge on any atom is 0.251 e. The van der Waals surface area contributed by atoms with Gasteiger partial charge in [-0.25, -0.2) is 13.6 Å². The predicted octanol–water partition coefficient (Wildman–Crippen LogP) is 0.379. The monoisotopic (exact) mass is 336 g/mol. The molecule has 1 atom stereocenters. The molecule has 1 rings (SSSR count). The number of carbonyl (C=O) groups is 1. The van der Waals surface area contributed by atoms with Crippen LogP contribution < -0.4 is 10.5 Å². The lowest BCUT2D eigenvalue weighted by molar-refractivity contribution is 0.0285. The molecule has 9 heteroatoms. The predicted molar refractivity (Wildman–Crippen MR) is 77.8 cm³/mol. The smallest absolute Gasteiger partial charge is 0.251 e. The van der Waals surface area contributed by atoms with Crippen molar-refractivity contribution in [3.8, 4) is 0 Å². The molecular weight excluding hydrogens is 320 g/mol. The molecule has 0 saturated heterocycles. The van der Waals surface area contributed by atoms with Gasteiger partial charge in [0.2, 0.25) is 10.0 Å². The van der Waals surface area contributed by atoms with Gasteiger partial charge in [-0.2, -0.15) is 0 Å². The van der Waals surface area contributed by atoms with Crippen LogP contribution in [0.1, 0.15) is 10.4 Å². The molecular formula is C12H17ClN2O5S. The zero-order valence-electron chi connectivity index (χ0n) is 11.6. The molecule has 0 heterocycles. The maximum atomic E-state index is 12.0. The SMILES string of the molecule is COCC(CNC(=O)c1ccc(Cl)c(S(N)(=O)=O)c1)OC. The van der Waals surface area contributed by atoms with Crippen LogP contribution in [0.15, 0.2) is 23.1 Å². The van der Waals surface area contributed by atoms with Crippen molar-refractivity contribution in [2.24, 2.45) is 5.14 Å². The summed E-state index contributed by atoms with van der Waals surface area (Å²) in [5.74, 6) is -0.463. The highest BCUT2D eigenvalue weighted by atomic mass is 35.5. The molecule has 0 aliphatic carbocycles. The van der Waals surface area contributed by atoms with Gasteiger partial charge in [-0.1, -0.05) is 11.6 Å². The van der Waals surface area contributed by atoms with Crippen LogP contribution in [-0.2, 0) is 19.5 Å². The van der Waals surface area contributed by atoms with Crippen molar-refractivity contribution >= 4 is 27.5 Å². The van der Waals surface area contributed by atoms with Gasteiger partial charge in [0.1, 0.15) is 4.90 Å². The fourth-order valence-corrected chi connectivity index (χ4v) is 2.64. The lowest BCUT2D eigenvalue weighted by Gasteiger charge is -2.15. The standard InChI is InChI=1S/C12H17ClN2O5S/c1-19-7-9(20-2)6-15-12(16)8-3-4-10(13)11(5-8)21(14,17)18/h3-5,9H,6-7H2,1-2H3,(H,15,16)(H2,14,17,18). The minimum atomic E-state index is -3.99. The third-order valence-electron chi connectivity index (χ3n) is 2.68. The van der Waals surface area contributed by atoms with Crippen LogP contribution in [0, 0.1) is 0 Å². The molecule has 0 aliphatic heterocycles. The Morgan fingerprint density at radius 3 is 2.62 bits per heavy atom. The van der Waals surface area contributed by atoms with Gasteiger partial charge in [0, 0.05) is 26.3 Å². The number of halogens is 1. The van der Waals surface area contributed by atoms with E-state index in [1.165, 1.54) is 26.4 Å². The molecule has 118 valence electrons. The number of hydrogen-bond acceptors (Lipinski definition) is 5. The number of nitrogens with one attached hydrogen (secondary N) is 1. The first-order valence-corrected chi connectivity index (χ1v) is 7.84. The number of sulfonamides is 1. The van der Waals surface area contributed by atoms with Crippen molar-refractivity contribution in [2.75, 3.05) is 27.4 Å². The van der Waals surface area contributed by atoms with Gasteiger partial charge in [0.05, 0.1) is 17.7 Å². The Balaban J connectivity index is 2.84. The molecule has 0 aromatic heterocycles. The minimum absolute atomic E-state index is 0.0387. The molecule has 21 heavy (non-hydrogen) atoms. The van der Waals surface area contributed by atoms with E-state index in [-0.39, 0.29) is 28.1 Å². The number of primary sulfonamides is 1. The van der Waals surface area contributed by atoms with Crippen molar-refractivity contribution in [3.63, 3.8) is 0 Å². The Bertz CT molecular complexity index is 606. The van der Waals surface area contributed by atoms with E-state index in [0.29, 0.717) is 6.61 Å². The number of benzene rings is 1. The number of methoxy groups -OCH3 is 2. The summed E-state index contributed by atoms with van der Waals surface area (Å²) in [5, 5.41) is 7.60. The van der Waals surface area contributed by atoms with E-state index in [4.69, 9.17) is 26.2 Å². The summed E-state index contributed by atoms with van der Waals surface area (Å²) in [6.45, 7) is 0.538. The molecule has 1 aromatic carbocycles. The molecule has 0 saturated carbocycles. The van der Waals surface area contributed by atoms with Crippen molar-refractivity contribution in [1.82, 2.24) is 5.32 Å². The van der Waals surface area contributed by atoms with Gasteiger partial charge < -0.3 is 14.8 Å². The third-order valence-corrected chi connectivity index (χ3v) is 4.07. The van der Waals surface area contributed by atoms with Crippen molar-refractivity contribution in [1.29, 1.82) is 0 Å². The van der Waals surface area contributed by atoms with Gasteiger partial charge in [0.15, 0.2) is 0 Å². The summed E-state index contributed by atoms with van der Waals surface area (Å²) >= 11 is 5.75. The Hall–Kier alpha value is -1.19. The highest BCUT2D eigenvalue weighted by Gasteiger charge is 2.17. The zero-order valence-corrected chi connectivity index (χ0v) is 13.2. The number of nitrogens with two attached hydrogens (primary N) is 1. The van der Waals surface area contributed by atoms with Crippen LogP contribution in [0.4, 0.5) is 0 Å². The van der Waals surface area contributed by atoms with Crippen LogP contribution in [0.5, 0.6) is 0 Å². The molecule has 7 nitrogen and oxygen atoms in total. The topological polar surface area (TPSA) is 108 Å². The third kappa shape index (κ3) is 5.25. The average molecular weight is 337 g/mol. The second kappa shape index (κ2) is 7.71. The van der Waals surface area contributed by atoms with E-state index in [1.807, 2.05) is 0 Å². The van der Waals surface area contributed by atoms with Gasteiger partial charge in [-0.05, 0) is 18.2 Å². The van der Waals surface area contributed by atoms with Gasteiger partial charge in [-0.3, -0.25) is 4.79 Å². The van der Waals surface area contributed by atoms with Gasteiger partial charge in [-0.15, -0.1) is 0 Å². The van der Waals surface area contributed by atoms with E-state index in [2.05, 4.69) is 5.32 Å². The highest BCUT2D eigenvalue weighted by molar-refractivity contribution is 7.89. The van der Waals surface area contributed by atoms with E-state index in [1.54, 1.807) is 0 Å². The molecule has 1 aromatic rings. The number of amides is 1. The van der Waals surface area contributed by atoms with E-state index < -0.39 is 15.9 Å². The van der Waals surface area contributed by atoms with Gasteiger partial charge in [0.25, 0.3) is 5.91 Å². The summed E-state index contributed by atoms with van der Waals surface area (Å²) in [7, 11) is -0.974. The second-order valence-electron chi connectivity index (χ2n) is 4.21. The summed E-state index contributed by atoms with van der Waals surface area (Å²) < 4.78 is 32.7. The zero-order chi connectivity index (χ0) is 16.0. The molecule has 0 radical (unpaired) electrons. The minimum Gasteiger partial charge on any atom is -0.382 e. The average Bonchev–Trinajstić information content (AvgIpc) is 2.42. The van der Waals surface area contributed by atoms with Crippen LogP contribution in [0.2, 0.25) is 5.02 Å². The van der Waals surface area contributed by atoms with E-state index in [9.17, 15) is 13.2 Å². The highest BCUT2D eigenvalue weighted by Crippen LogP contribution is 2.21. The first-order chi connectivity index (χ1) is 9.79. The van der Waals surface area contributed by atoms with Crippen LogP contribution in [0.25, 0.3) is 0 Å². The van der Waals surface area contributed by atoms with Crippen molar-refractivity contribution in [2.45, 2.75) is 11.0 Å². The molecule has 0 aliphatic rings. The first-order valence-electron chi connectivity index (χ1n) is 5.92. The summed E-state index contributed by atoms with van der Waals surface area (Å²) in [6, 6.07) is 3.84. The van der Waals surface area contributed by atoms with Gasteiger partial charge >= 0.3 is 0 Å². The molecule has 0 fully saturated rings. The van der Waals surface area contributed by atoms with Crippen molar-refractivity contribution in [3.05, 3.63) is 28.8 Å². The first kappa shape index (κ1) is 17.9. The van der Waals surface area contributed by atoms with E-state index in [0.717, 1.165) is 6.07 Å². The second-order valence-corrected chi connectivity index (χ2v) is 6.15. The number of hydrogen-bond donors (Lipinski definition) is 2. The largest absolute Gasteiger partial charge is 0.382 e. The normalized spacial score (nSPS) is 13.0. The molecule has 0 bridgehead atoms. The Labute approximate surface area is 128 Å². The van der Waals surface area contributed by atoms with E-state index >= 15 is 0 Å². The number of ether oxygens (including phenoxy) is 2. The summed E-state index contributed by atoms with van der Waals surface area (Å²) in [4.78, 5) is 11.7. The molecule has 3 N–H and O–H groups in total. The van der Waals surface area contributed by atoms with Crippen LogP contribution in [0.3, 0.4) is 0 Å². The molecule has 0 spiro atoms. The quantitative estimate of drug-likeness (QED) is 0.748. The molecule has 1 amide bonds. The fraction of sp³-hybridized carbons (Fsp3) is 0.417. The maximum absolute atomic E-state index is 12.0.